The topological polar surface area (TPSA) is 86.9 Å². The maximum Gasteiger partial charge on any atom is 0.263 e. The molecule has 0 aliphatic rings. The van der Waals surface area contributed by atoms with Gasteiger partial charge >= 0.3 is 0 Å². The highest BCUT2D eigenvalue weighted by Gasteiger charge is 2.21. The van der Waals surface area contributed by atoms with E-state index in [1.54, 1.807) is 6.07 Å². The maximum absolute atomic E-state index is 12.1. The average molecular weight is 351 g/mol. The van der Waals surface area contributed by atoms with E-state index in [1.807, 2.05) is 7.05 Å². The van der Waals surface area contributed by atoms with Crippen LogP contribution in [0.15, 0.2) is 27.1 Å². The largest absolute Gasteiger partial charge is 0.315 e. The van der Waals surface area contributed by atoms with Crippen molar-refractivity contribution in [1.29, 1.82) is 0 Å². The third-order valence-electron chi connectivity index (χ3n) is 2.10. The Bertz CT molecular complexity index is 621. The van der Waals surface area contributed by atoms with Crippen molar-refractivity contribution in [2.24, 2.45) is 0 Å². The first-order valence-corrected chi connectivity index (χ1v) is 8.06. The molecule has 0 spiro atoms. The van der Waals surface area contributed by atoms with E-state index in [0.29, 0.717) is 16.0 Å². The van der Waals surface area contributed by atoms with Crippen molar-refractivity contribution in [3.05, 3.63) is 27.1 Å². The van der Waals surface area contributed by atoms with Gasteiger partial charge in [0, 0.05) is 17.6 Å². The van der Waals surface area contributed by atoms with Crippen LogP contribution >= 0.6 is 27.3 Å². The SMILES string of the molecule is CNCc1cc(S(=O)(=O)Nc2cn[nH]c2)c(Br)s1. The lowest BCUT2D eigenvalue weighted by atomic mass is 10.5. The number of hydrogen-bond acceptors (Lipinski definition) is 5. The molecule has 0 aromatic carbocycles. The van der Waals surface area contributed by atoms with E-state index >= 15 is 0 Å². The zero-order chi connectivity index (χ0) is 13.2. The molecular formula is C9H11BrN4O2S2. The number of sulfonamides is 1. The number of aromatic nitrogens is 2. The smallest absolute Gasteiger partial charge is 0.263 e. The van der Waals surface area contributed by atoms with Gasteiger partial charge in [-0.2, -0.15) is 5.10 Å². The van der Waals surface area contributed by atoms with Crippen LogP contribution in [0.4, 0.5) is 5.69 Å². The zero-order valence-corrected chi connectivity index (χ0v) is 12.6. The van der Waals surface area contributed by atoms with Crippen molar-refractivity contribution >= 4 is 43.0 Å². The van der Waals surface area contributed by atoms with Crippen molar-refractivity contribution in [2.45, 2.75) is 11.4 Å². The molecule has 18 heavy (non-hydrogen) atoms. The van der Waals surface area contributed by atoms with Gasteiger partial charge < -0.3 is 5.32 Å². The number of aromatic amines is 1. The maximum atomic E-state index is 12.1. The van der Waals surface area contributed by atoms with Crippen LogP contribution < -0.4 is 10.0 Å². The second-order valence-corrected chi connectivity index (χ2v) is 7.58. The minimum absolute atomic E-state index is 0.235. The quantitative estimate of drug-likeness (QED) is 0.766. The van der Waals surface area contributed by atoms with Crippen LogP contribution in [0.5, 0.6) is 0 Å². The van der Waals surface area contributed by atoms with Gasteiger partial charge in [-0.15, -0.1) is 11.3 Å². The molecule has 2 aromatic rings. The number of nitrogens with zero attached hydrogens (tertiary/aromatic N) is 1. The van der Waals surface area contributed by atoms with Gasteiger partial charge in [-0.3, -0.25) is 9.82 Å². The summed E-state index contributed by atoms with van der Waals surface area (Å²) in [7, 11) is -1.77. The molecule has 9 heteroatoms. The standard InChI is InChI=1S/C9H11BrN4O2S2/c1-11-5-7-2-8(9(10)17-7)18(15,16)14-6-3-12-13-4-6/h2-4,11,14H,5H2,1H3,(H,12,13). The molecule has 2 rings (SSSR count). The normalized spacial score (nSPS) is 11.7. The van der Waals surface area contributed by atoms with Crippen LogP contribution in [0, 0.1) is 0 Å². The van der Waals surface area contributed by atoms with Crippen LogP contribution in [0.25, 0.3) is 0 Å². The van der Waals surface area contributed by atoms with Gasteiger partial charge in [-0.1, -0.05) is 0 Å². The molecule has 98 valence electrons. The first-order chi connectivity index (χ1) is 8.53. The van der Waals surface area contributed by atoms with E-state index in [0.717, 1.165) is 4.88 Å². The van der Waals surface area contributed by atoms with Gasteiger partial charge in [0.15, 0.2) is 0 Å². The Morgan fingerprint density at radius 1 is 1.56 bits per heavy atom. The molecule has 0 radical (unpaired) electrons. The molecule has 0 saturated carbocycles. The summed E-state index contributed by atoms with van der Waals surface area (Å²) >= 11 is 4.67. The van der Waals surface area contributed by atoms with Crippen LogP contribution in [0.1, 0.15) is 4.88 Å². The van der Waals surface area contributed by atoms with Gasteiger partial charge in [-0.05, 0) is 29.0 Å². The monoisotopic (exact) mass is 350 g/mol. The number of thiophene rings is 1. The number of H-pyrrole nitrogens is 1. The minimum atomic E-state index is -3.59. The molecule has 0 aliphatic carbocycles. The fourth-order valence-corrected chi connectivity index (χ4v) is 5.09. The molecule has 2 aromatic heterocycles. The number of hydrogen-bond donors (Lipinski definition) is 3. The van der Waals surface area contributed by atoms with E-state index in [9.17, 15) is 8.42 Å². The molecule has 0 fully saturated rings. The lowest BCUT2D eigenvalue weighted by Gasteiger charge is -2.03. The van der Waals surface area contributed by atoms with E-state index in [1.165, 1.54) is 23.7 Å². The van der Waals surface area contributed by atoms with E-state index < -0.39 is 10.0 Å². The number of rotatable bonds is 5. The third-order valence-corrected chi connectivity index (χ3v) is 5.73. The first kappa shape index (κ1) is 13.5. The second kappa shape index (κ2) is 5.39. The summed E-state index contributed by atoms with van der Waals surface area (Å²) in [6.45, 7) is 0.629. The Morgan fingerprint density at radius 3 is 2.94 bits per heavy atom. The third kappa shape index (κ3) is 2.91. The Balaban J connectivity index is 2.29. The van der Waals surface area contributed by atoms with Gasteiger partial charge in [0.25, 0.3) is 10.0 Å². The molecule has 0 unspecified atom stereocenters. The van der Waals surface area contributed by atoms with Crippen molar-refractivity contribution < 1.29 is 8.42 Å². The summed E-state index contributed by atoms with van der Waals surface area (Å²) in [6, 6.07) is 1.65. The Morgan fingerprint density at radius 2 is 2.33 bits per heavy atom. The van der Waals surface area contributed by atoms with Crippen LogP contribution in [0.3, 0.4) is 0 Å². The summed E-state index contributed by atoms with van der Waals surface area (Å²) in [6.07, 6.45) is 2.89. The lowest BCUT2D eigenvalue weighted by molar-refractivity contribution is 0.601. The summed E-state index contributed by atoms with van der Waals surface area (Å²) in [5.41, 5.74) is 0.406. The molecule has 0 aliphatic heterocycles. The van der Waals surface area contributed by atoms with Crippen LogP contribution in [-0.2, 0) is 16.6 Å². The number of halogens is 1. The van der Waals surface area contributed by atoms with Crippen LogP contribution in [0.2, 0.25) is 0 Å². The van der Waals surface area contributed by atoms with Crippen molar-refractivity contribution in [1.82, 2.24) is 15.5 Å². The van der Waals surface area contributed by atoms with Crippen molar-refractivity contribution in [2.75, 3.05) is 11.8 Å². The van der Waals surface area contributed by atoms with Gasteiger partial charge in [0.1, 0.15) is 4.90 Å². The first-order valence-electron chi connectivity index (χ1n) is 4.97. The highest BCUT2D eigenvalue weighted by atomic mass is 79.9. The summed E-state index contributed by atoms with van der Waals surface area (Å²) in [5, 5.41) is 9.21. The molecule has 3 N–H and O–H groups in total. The zero-order valence-electron chi connectivity index (χ0n) is 9.40. The molecule has 0 bridgehead atoms. The molecule has 0 saturated heterocycles. The predicted molar refractivity (Wildman–Crippen MR) is 74.2 cm³/mol. The van der Waals surface area contributed by atoms with Crippen LogP contribution in [-0.4, -0.2) is 25.7 Å². The highest BCUT2D eigenvalue weighted by molar-refractivity contribution is 9.11. The lowest BCUT2D eigenvalue weighted by Crippen LogP contribution is -2.12. The molecule has 0 amide bonds. The fourth-order valence-electron chi connectivity index (χ4n) is 1.36. The van der Waals surface area contributed by atoms with E-state index in [4.69, 9.17) is 0 Å². The number of nitrogens with one attached hydrogen (secondary N) is 3. The van der Waals surface area contributed by atoms with Crippen molar-refractivity contribution in [3.8, 4) is 0 Å². The second-order valence-electron chi connectivity index (χ2n) is 3.47. The van der Waals surface area contributed by atoms with E-state index in [2.05, 4.69) is 36.2 Å². The molecule has 0 atom stereocenters. The number of anilines is 1. The molecule has 6 nitrogen and oxygen atoms in total. The average Bonchev–Trinajstić information content (AvgIpc) is 2.88. The Hall–Kier alpha value is -0.900. The van der Waals surface area contributed by atoms with Gasteiger partial charge in [-0.25, -0.2) is 8.42 Å². The van der Waals surface area contributed by atoms with E-state index in [-0.39, 0.29) is 4.90 Å². The minimum Gasteiger partial charge on any atom is -0.315 e. The van der Waals surface area contributed by atoms with Gasteiger partial charge in [0.05, 0.1) is 15.7 Å². The van der Waals surface area contributed by atoms with Crippen molar-refractivity contribution in [3.63, 3.8) is 0 Å². The Labute approximate surface area is 117 Å². The molecule has 2 heterocycles. The Kier molecular flexibility index (Phi) is 4.05. The summed E-state index contributed by atoms with van der Waals surface area (Å²) < 4.78 is 27.3. The fraction of sp³-hybridized carbons (Fsp3) is 0.222. The summed E-state index contributed by atoms with van der Waals surface area (Å²) in [5.74, 6) is 0. The highest BCUT2D eigenvalue weighted by Crippen LogP contribution is 2.32. The van der Waals surface area contributed by atoms with Gasteiger partial charge in [0.2, 0.25) is 0 Å². The predicted octanol–water partition coefficient (Wildman–Crippen LogP) is 1.75. The summed E-state index contributed by atoms with van der Waals surface area (Å²) in [4.78, 5) is 1.18. The molecular weight excluding hydrogens is 340 g/mol.